The van der Waals surface area contributed by atoms with Crippen molar-refractivity contribution in [2.45, 2.75) is 44.6 Å². The second-order valence-electron chi connectivity index (χ2n) is 8.86. The summed E-state index contributed by atoms with van der Waals surface area (Å²) in [7, 11) is 0. The molecular weight excluding hydrogens is 417 g/mol. The lowest BCUT2D eigenvalue weighted by Crippen LogP contribution is -2.43. The molecule has 33 heavy (non-hydrogen) atoms. The molecule has 3 aromatic rings. The van der Waals surface area contributed by atoms with Crippen LogP contribution in [-0.4, -0.2) is 28.2 Å². The summed E-state index contributed by atoms with van der Waals surface area (Å²) in [5.74, 6) is -0.913. The minimum Gasteiger partial charge on any atom is -0.334 e. The van der Waals surface area contributed by atoms with Gasteiger partial charge in [-0.2, -0.15) is 0 Å². The summed E-state index contributed by atoms with van der Waals surface area (Å²) in [6.45, 7) is 2.58. The SMILES string of the molecule is Cc1cc(-c2ccc(F)cc2)cc([C@H]2CCCCN2C(=O)[C@H]2CC(=O)Nc3ccccc32)n1. The van der Waals surface area contributed by atoms with Gasteiger partial charge in [-0.25, -0.2) is 4.39 Å². The van der Waals surface area contributed by atoms with Crippen LogP contribution in [-0.2, 0) is 9.59 Å². The average Bonchev–Trinajstić information content (AvgIpc) is 2.83. The van der Waals surface area contributed by atoms with Crippen molar-refractivity contribution in [3.8, 4) is 11.1 Å². The van der Waals surface area contributed by atoms with Crippen LogP contribution in [0.4, 0.5) is 10.1 Å². The van der Waals surface area contributed by atoms with Crippen LogP contribution < -0.4 is 5.32 Å². The molecule has 2 aliphatic heterocycles. The number of para-hydroxylation sites is 1. The Labute approximate surface area is 192 Å². The zero-order valence-electron chi connectivity index (χ0n) is 18.6. The number of fused-ring (bicyclic) bond motifs is 1. The van der Waals surface area contributed by atoms with Gasteiger partial charge in [-0.05, 0) is 73.2 Å². The number of hydrogen-bond donors (Lipinski definition) is 1. The summed E-state index contributed by atoms with van der Waals surface area (Å²) in [5.41, 5.74) is 5.15. The van der Waals surface area contributed by atoms with Gasteiger partial charge in [-0.15, -0.1) is 0 Å². The Morgan fingerprint density at radius 3 is 2.67 bits per heavy atom. The molecule has 3 heterocycles. The normalized spacial score (nSPS) is 20.2. The largest absolute Gasteiger partial charge is 0.334 e. The Hall–Kier alpha value is -3.54. The van der Waals surface area contributed by atoms with E-state index in [-0.39, 0.29) is 30.1 Å². The first-order chi connectivity index (χ1) is 16.0. The zero-order valence-corrected chi connectivity index (χ0v) is 18.6. The molecule has 2 aliphatic rings. The summed E-state index contributed by atoms with van der Waals surface area (Å²) in [6, 6.07) is 17.8. The zero-order chi connectivity index (χ0) is 22.9. The van der Waals surface area contributed by atoms with E-state index in [0.717, 1.165) is 47.3 Å². The molecule has 2 aromatic carbocycles. The van der Waals surface area contributed by atoms with E-state index in [1.54, 1.807) is 12.1 Å². The molecule has 0 saturated carbocycles. The van der Waals surface area contributed by atoms with Gasteiger partial charge in [0.05, 0.1) is 17.7 Å². The lowest BCUT2D eigenvalue weighted by Gasteiger charge is -2.39. The number of nitrogens with zero attached hydrogens (tertiary/aromatic N) is 2. The number of rotatable bonds is 3. The number of nitrogens with one attached hydrogen (secondary N) is 1. The van der Waals surface area contributed by atoms with Gasteiger partial charge in [0.2, 0.25) is 11.8 Å². The van der Waals surface area contributed by atoms with Crippen molar-refractivity contribution in [3.05, 3.63) is 83.4 Å². The van der Waals surface area contributed by atoms with Crippen LogP contribution in [0.5, 0.6) is 0 Å². The number of carbonyl (C=O) groups is 2. The standard InChI is InChI=1S/C27H26FN3O2/c1-17-14-19(18-9-11-20(28)12-10-18)15-24(29-17)25-8-4-5-13-31(25)27(33)22-16-26(32)30-23-7-3-2-6-21(22)23/h2-3,6-7,9-12,14-15,22,25H,4-5,8,13,16H2,1H3,(H,30,32)/t22-,25+/m0/s1. The fourth-order valence-electron chi connectivity index (χ4n) is 5.01. The number of hydrogen-bond acceptors (Lipinski definition) is 3. The predicted molar refractivity (Wildman–Crippen MR) is 125 cm³/mol. The van der Waals surface area contributed by atoms with Gasteiger partial charge < -0.3 is 10.2 Å². The number of amides is 2. The first-order valence-electron chi connectivity index (χ1n) is 11.4. The fraction of sp³-hybridized carbons (Fsp3) is 0.296. The molecule has 0 radical (unpaired) electrons. The van der Waals surface area contributed by atoms with Crippen molar-refractivity contribution in [2.75, 3.05) is 11.9 Å². The van der Waals surface area contributed by atoms with Gasteiger partial charge in [0.25, 0.3) is 0 Å². The summed E-state index contributed by atoms with van der Waals surface area (Å²) in [6.07, 6.45) is 2.92. The highest BCUT2D eigenvalue weighted by Crippen LogP contribution is 2.38. The topological polar surface area (TPSA) is 62.3 Å². The van der Waals surface area contributed by atoms with E-state index in [4.69, 9.17) is 4.98 Å². The Morgan fingerprint density at radius 2 is 1.85 bits per heavy atom. The van der Waals surface area contributed by atoms with Crippen molar-refractivity contribution in [2.24, 2.45) is 0 Å². The molecule has 1 fully saturated rings. The summed E-state index contributed by atoms with van der Waals surface area (Å²) < 4.78 is 13.4. The lowest BCUT2D eigenvalue weighted by molar-refractivity contribution is -0.138. The maximum absolute atomic E-state index is 13.8. The third kappa shape index (κ3) is 4.25. The Balaban J connectivity index is 1.49. The molecule has 0 spiro atoms. The van der Waals surface area contributed by atoms with Gasteiger partial charge in [0, 0.05) is 24.3 Å². The highest BCUT2D eigenvalue weighted by molar-refractivity contribution is 6.01. The second-order valence-corrected chi connectivity index (χ2v) is 8.86. The molecule has 1 aromatic heterocycles. The minimum absolute atomic E-state index is 0.0198. The van der Waals surface area contributed by atoms with Crippen molar-refractivity contribution in [1.82, 2.24) is 9.88 Å². The third-order valence-electron chi connectivity index (χ3n) is 6.58. The third-order valence-corrected chi connectivity index (χ3v) is 6.58. The van der Waals surface area contributed by atoms with E-state index >= 15 is 0 Å². The number of carbonyl (C=O) groups excluding carboxylic acids is 2. The van der Waals surface area contributed by atoms with E-state index in [9.17, 15) is 14.0 Å². The van der Waals surface area contributed by atoms with E-state index in [1.165, 1.54) is 12.1 Å². The average molecular weight is 444 g/mol. The Morgan fingerprint density at radius 1 is 1.06 bits per heavy atom. The van der Waals surface area contributed by atoms with Crippen LogP contribution in [0.25, 0.3) is 11.1 Å². The number of halogens is 1. The number of pyridine rings is 1. The number of benzene rings is 2. The maximum Gasteiger partial charge on any atom is 0.231 e. The van der Waals surface area contributed by atoms with Gasteiger partial charge >= 0.3 is 0 Å². The van der Waals surface area contributed by atoms with Crippen LogP contribution in [0.3, 0.4) is 0 Å². The highest BCUT2D eigenvalue weighted by Gasteiger charge is 2.37. The molecule has 5 nitrogen and oxygen atoms in total. The quantitative estimate of drug-likeness (QED) is 0.592. The Bertz CT molecular complexity index is 1210. The van der Waals surface area contributed by atoms with Crippen LogP contribution in [0.1, 0.15) is 54.6 Å². The molecule has 1 N–H and O–H groups in total. The number of piperidine rings is 1. The summed E-state index contributed by atoms with van der Waals surface area (Å²) >= 11 is 0. The van der Waals surface area contributed by atoms with Crippen LogP contribution in [0.2, 0.25) is 0 Å². The van der Waals surface area contributed by atoms with Crippen LogP contribution in [0.15, 0.2) is 60.7 Å². The smallest absolute Gasteiger partial charge is 0.231 e. The number of anilines is 1. The molecule has 1 saturated heterocycles. The van der Waals surface area contributed by atoms with Crippen molar-refractivity contribution < 1.29 is 14.0 Å². The highest BCUT2D eigenvalue weighted by atomic mass is 19.1. The van der Waals surface area contributed by atoms with E-state index < -0.39 is 5.92 Å². The fourth-order valence-corrected chi connectivity index (χ4v) is 5.01. The van der Waals surface area contributed by atoms with Crippen molar-refractivity contribution >= 4 is 17.5 Å². The number of aryl methyl sites for hydroxylation is 1. The first kappa shape index (κ1) is 21.3. The number of likely N-dealkylation sites (tertiary alicyclic amines) is 1. The molecule has 0 bridgehead atoms. The summed E-state index contributed by atoms with van der Waals surface area (Å²) in [5, 5.41) is 2.88. The van der Waals surface area contributed by atoms with E-state index in [0.29, 0.717) is 12.2 Å². The maximum atomic E-state index is 13.8. The van der Waals surface area contributed by atoms with Gasteiger partial charge in [0.1, 0.15) is 5.82 Å². The lowest BCUT2D eigenvalue weighted by atomic mass is 9.87. The number of aromatic nitrogens is 1. The van der Waals surface area contributed by atoms with Gasteiger partial charge in [-0.3, -0.25) is 14.6 Å². The molecule has 2 amide bonds. The van der Waals surface area contributed by atoms with Gasteiger partial charge in [0.15, 0.2) is 0 Å². The van der Waals surface area contributed by atoms with Crippen LogP contribution in [0, 0.1) is 12.7 Å². The molecular formula is C27H26FN3O2. The molecule has 0 unspecified atom stereocenters. The van der Waals surface area contributed by atoms with Crippen molar-refractivity contribution in [1.29, 1.82) is 0 Å². The Kier molecular flexibility index (Phi) is 5.67. The van der Waals surface area contributed by atoms with Crippen molar-refractivity contribution in [3.63, 3.8) is 0 Å². The van der Waals surface area contributed by atoms with E-state index in [1.807, 2.05) is 48.2 Å². The van der Waals surface area contributed by atoms with Gasteiger partial charge in [-0.1, -0.05) is 30.3 Å². The molecule has 5 rings (SSSR count). The first-order valence-corrected chi connectivity index (χ1v) is 11.4. The molecule has 6 heteroatoms. The monoisotopic (exact) mass is 443 g/mol. The van der Waals surface area contributed by atoms with Crippen LogP contribution >= 0.6 is 0 Å². The molecule has 2 atom stereocenters. The van der Waals surface area contributed by atoms with E-state index in [2.05, 4.69) is 5.32 Å². The predicted octanol–water partition coefficient (Wildman–Crippen LogP) is 5.38. The summed E-state index contributed by atoms with van der Waals surface area (Å²) in [4.78, 5) is 32.8. The second kappa shape index (κ2) is 8.77. The molecule has 0 aliphatic carbocycles. The molecule has 168 valence electrons. The minimum atomic E-state index is -0.489.